The van der Waals surface area contributed by atoms with Gasteiger partial charge in [0.05, 0.1) is 30.2 Å². The van der Waals surface area contributed by atoms with E-state index >= 15 is 0 Å². The average Bonchev–Trinajstić information content (AvgIpc) is 3.32. The van der Waals surface area contributed by atoms with E-state index in [0.29, 0.717) is 13.0 Å². The minimum Gasteiger partial charge on any atom is -0.465 e. The molecule has 1 amide bonds. The molecule has 30 heavy (non-hydrogen) atoms. The highest BCUT2D eigenvalue weighted by Gasteiger charge is 2.34. The molecule has 1 aromatic rings. The maximum Gasteiger partial charge on any atom is 0.337 e. The van der Waals surface area contributed by atoms with Gasteiger partial charge in [-0.2, -0.15) is 4.31 Å². The van der Waals surface area contributed by atoms with E-state index in [1.54, 1.807) is 4.90 Å². The van der Waals surface area contributed by atoms with E-state index in [2.05, 4.69) is 9.47 Å². The summed E-state index contributed by atoms with van der Waals surface area (Å²) in [5, 5.41) is 0. The first kappa shape index (κ1) is 22.2. The highest BCUT2D eigenvalue weighted by molar-refractivity contribution is 7.89. The Kier molecular flexibility index (Phi) is 6.74. The zero-order valence-electron chi connectivity index (χ0n) is 16.8. The topological polar surface area (TPSA) is 120 Å². The number of esters is 2. The molecule has 0 radical (unpaired) electrons. The highest BCUT2D eigenvalue weighted by atomic mass is 32.2. The van der Waals surface area contributed by atoms with Crippen LogP contribution in [0.25, 0.3) is 0 Å². The van der Waals surface area contributed by atoms with Crippen LogP contribution in [0.2, 0.25) is 0 Å². The Morgan fingerprint density at radius 2 is 1.53 bits per heavy atom. The number of piperazine rings is 1. The van der Waals surface area contributed by atoms with Crippen LogP contribution in [0.3, 0.4) is 0 Å². The van der Waals surface area contributed by atoms with Crippen LogP contribution in [0.4, 0.5) is 0 Å². The molecule has 1 unspecified atom stereocenters. The number of amides is 1. The number of rotatable bonds is 5. The van der Waals surface area contributed by atoms with Crippen LogP contribution in [0.1, 0.15) is 33.6 Å². The number of benzene rings is 1. The number of methoxy groups -OCH3 is 2. The number of hydrogen-bond acceptors (Lipinski definition) is 8. The summed E-state index contributed by atoms with van der Waals surface area (Å²) in [6.45, 7) is 1.22. The first-order valence-electron chi connectivity index (χ1n) is 9.50. The molecule has 0 N–H and O–H groups in total. The van der Waals surface area contributed by atoms with Gasteiger partial charge >= 0.3 is 11.9 Å². The van der Waals surface area contributed by atoms with Crippen molar-refractivity contribution in [1.82, 2.24) is 9.21 Å². The summed E-state index contributed by atoms with van der Waals surface area (Å²) in [5.74, 6) is -1.67. The van der Waals surface area contributed by atoms with Crippen molar-refractivity contribution in [1.29, 1.82) is 0 Å². The first-order valence-corrected chi connectivity index (χ1v) is 10.9. The standard InChI is InChI=1S/C19H24N2O8S/c1-27-18(23)13-10-14(19(24)28-2)12-15(11-13)30(25,26)21-7-5-20(6-8-21)17(22)16-4-3-9-29-16/h10-12,16H,3-9H2,1-2H3. The maximum absolute atomic E-state index is 13.1. The van der Waals surface area contributed by atoms with Crippen LogP contribution in [0, 0.1) is 0 Å². The van der Waals surface area contributed by atoms with Crippen molar-refractivity contribution in [3.63, 3.8) is 0 Å². The normalized spacial score (nSPS) is 20.1. The van der Waals surface area contributed by atoms with Gasteiger partial charge in [-0.05, 0) is 31.0 Å². The summed E-state index contributed by atoms with van der Waals surface area (Å²) >= 11 is 0. The third-order valence-corrected chi connectivity index (χ3v) is 7.02. The zero-order valence-corrected chi connectivity index (χ0v) is 17.6. The molecule has 164 valence electrons. The molecule has 2 fully saturated rings. The van der Waals surface area contributed by atoms with Gasteiger partial charge in [0.2, 0.25) is 10.0 Å². The third-order valence-electron chi connectivity index (χ3n) is 5.14. The molecule has 11 heteroatoms. The van der Waals surface area contributed by atoms with Crippen LogP contribution >= 0.6 is 0 Å². The first-order chi connectivity index (χ1) is 14.3. The van der Waals surface area contributed by atoms with Gasteiger partial charge in [0.25, 0.3) is 5.91 Å². The molecule has 2 aliphatic rings. The van der Waals surface area contributed by atoms with E-state index in [9.17, 15) is 22.8 Å². The minimum absolute atomic E-state index is 0.0776. The number of carbonyl (C=O) groups excluding carboxylic acids is 3. The Bertz CT molecular complexity index is 898. The summed E-state index contributed by atoms with van der Waals surface area (Å²) in [7, 11) is -1.69. The molecular weight excluding hydrogens is 416 g/mol. The van der Waals surface area contributed by atoms with E-state index in [-0.39, 0.29) is 48.1 Å². The van der Waals surface area contributed by atoms with Crippen molar-refractivity contribution >= 4 is 27.9 Å². The van der Waals surface area contributed by atoms with E-state index < -0.39 is 28.1 Å². The number of carbonyl (C=O) groups is 3. The van der Waals surface area contributed by atoms with Crippen LogP contribution in [0.5, 0.6) is 0 Å². The molecule has 2 saturated heterocycles. The molecule has 3 rings (SSSR count). The van der Waals surface area contributed by atoms with Crippen molar-refractivity contribution in [2.45, 2.75) is 23.8 Å². The smallest absolute Gasteiger partial charge is 0.337 e. The van der Waals surface area contributed by atoms with Gasteiger partial charge < -0.3 is 19.1 Å². The van der Waals surface area contributed by atoms with E-state index in [4.69, 9.17) is 4.74 Å². The molecule has 0 bridgehead atoms. The van der Waals surface area contributed by atoms with Crippen molar-refractivity contribution in [3.05, 3.63) is 29.3 Å². The van der Waals surface area contributed by atoms with Gasteiger partial charge in [-0.25, -0.2) is 18.0 Å². The van der Waals surface area contributed by atoms with E-state index in [0.717, 1.165) is 32.8 Å². The average molecular weight is 440 g/mol. The molecular formula is C19H24N2O8S. The predicted molar refractivity (Wildman–Crippen MR) is 103 cm³/mol. The summed E-state index contributed by atoms with van der Waals surface area (Å²) < 4.78 is 42.2. The lowest BCUT2D eigenvalue weighted by Gasteiger charge is -2.35. The second kappa shape index (κ2) is 9.11. The lowest BCUT2D eigenvalue weighted by Crippen LogP contribution is -2.52. The third kappa shape index (κ3) is 4.47. The molecule has 1 atom stereocenters. The Balaban J connectivity index is 1.80. The fraction of sp³-hybridized carbons (Fsp3) is 0.526. The summed E-state index contributed by atoms with van der Waals surface area (Å²) in [6.07, 6.45) is 1.06. The van der Waals surface area contributed by atoms with Crippen LogP contribution in [-0.2, 0) is 29.0 Å². The van der Waals surface area contributed by atoms with Crippen LogP contribution < -0.4 is 0 Å². The van der Waals surface area contributed by atoms with Crippen molar-refractivity contribution in [2.24, 2.45) is 0 Å². The minimum atomic E-state index is -4.01. The number of hydrogen-bond donors (Lipinski definition) is 0. The Labute approximate surface area is 174 Å². The molecule has 10 nitrogen and oxygen atoms in total. The molecule has 0 saturated carbocycles. The van der Waals surface area contributed by atoms with Gasteiger partial charge in [-0.3, -0.25) is 4.79 Å². The van der Waals surface area contributed by atoms with Gasteiger partial charge in [-0.1, -0.05) is 0 Å². The summed E-state index contributed by atoms with van der Waals surface area (Å²) in [4.78, 5) is 37.7. The summed E-state index contributed by atoms with van der Waals surface area (Å²) in [6, 6.07) is 3.55. The van der Waals surface area contributed by atoms with Gasteiger partial charge in [0, 0.05) is 32.8 Å². The van der Waals surface area contributed by atoms with Gasteiger partial charge in [-0.15, -0.1) is 0 Å². The van der Waals surface area contributed by atoms with Gasteiger partial charge in [0.15, 0.2) is 0 Å². The lowest BCUT2D eigenvalue weighted by molar-refractivity contribution is -0.142. The van der Waals surface area contributed by atoms with E-state index in [1.165, 1.54) is 10.4 Å². The quantitative estimate of drug-likeness (QED) is 0.599. The Morgan fingerprint density at radius 3 is 2.00 bits per heavy atom. The Hall–Kier alpha value is -2.50. The maximum atomic E-state index is 13.1. The number of ether oxygens (including phenoxy) is 3. The largest absolute Gasteiger partial charge is 0.465 e. The van der Waals surface area contributed by atoms with Crippen LogP contribution in [-0.4, -0.2) is 88.6 Å². The molecule has 0 aliphatic carbocycles. The fourth-order valence-corrected chi connectivity index (χ4v) is 4.99. The lowest BCUT2D eigenvalue weighted by atomic mass is 10.1. The van der Waals surface area contributed by atoms with Crippen molar-refractivity contribution in [2.75, 3.05) is 47.0 Å². The van der Waals surface area contributed by atoms with E-state index in [1.807, 2.05) is 0 Å². The molecule has 0 aromatic heterocycles. The molecule has 1 aromatic carbocycles. The summed E-state index contributed by atoms with van der Waals surface area (Å²) in [5.41, 5.74) is -0.155. The Morgan fingerprint density at radius 1 is 0.967 bits per heavy atom. The SMILES string of the molecule is COC(=O)c1cc(C(=O)OC)cc(S(=O)(=O)N2CCN(C(=O)C3CCCO3)CC2)c1. The molecule has 2 heterocycles. The van der Waals surface area contributed by atoms with Crippen molar-refractivity contribution < 1.29 is 37.0 Å². The molecule has 2 aliphatic heterocycles. The number of sulfonamides is 1. The second-order valence-electron chi connectivity index (χ2n) is 6.96. The highest BCUT2D eigenvalue weighted by Crippen LogP contribution is 2.23. The second-order valence-corrected chi connectivity index (χ2v) is 8.90. The molecule has 0 spiro atoms. The predicted octanol–water partition coefficient (Wildman–Crippen LogP) is 0.272. The van der Waals surface area contributed by atoms with Crippen molar-refractivity contribution in [3.8, 4) is 0 Å². The zero-order chi connectivity index (χ0) is 21.9. The fourth-order valence-electron chi connectivity index (χ4n) is 3.49. The monoisotopic (exact) mass is 440 g/mol. The van der Waals surface area contributed by atoms with Gasteiger partial charge in [0.1, 0.15) is 6.10 Å². The number of nitrogens with zero attached hydrogens (tertiary/aromatic N) is 2. The van der Waals surface area contributed by atoms with Crippen LogP contribution in [0.15, 0.2) is 23.1 Å².